The van der Waals surface area contributed by atoms with Gasteiger partial charge in [-0.1, -0.05) is 0 Å². The molecule has 1 aliphatic carbocycles. The van der Waals surface area contributed by atoms with Gasteiger partial charge in [0.15, 0.2) is 0 Å². The van der Waals surface area contributed by atoms with Crippen molar-refractivity contribution in [3.63, 3.8) is 0 Å². The number of methoxy groups -OCH3 is 1. The van der Waals surface area contributed by atoms with Crippen LogP contribution in [-0.4, -0.2) is 44.3 Å². The Kier molecular flexibility index (Phi) is 7.97. The molecule has 31 heavy (non-hydrogen) atoms. The number of carbonyl (C=O) groups is 2. The number of carbonyl (C=O) groups excluding carboxylic acids is 2. The molecule has 1 amide bonds. The molecule has 1 saturated heterocycles. The zero-order valence-corrected chi connectivity index (χ0v) is 18.8. The fraction of sp³-hybridized carbons (Fsp3) is 0.565. The molecule has 2 atom stereocenters. The molecule has 0 spiro atoms. The number of hydrogen-bond acceptors (Lipinski definition) is 6. The van der Waals surface area contributed by atoms with E-state index in [9.17, 15) is 9.59 Å². The van der Waals surface area contributed by atoms with E-state index in [1.165, 1.54) is 0 Å². The van der Waals surface area contributed by atoms with Gasteiger partial charge in [0, 0.05) is 18.2 Å². The van der Waals surface area contributed by atoms with E-state index < -0.39 is 5.97 Å². The third-order valence-electron chi connectivity index (χ3n) is 6.47. The Labute approximate surface area is 188 Å². The van der Waals surface area contributed by atoms with Gasteiger partial charge >= 0.3 is 5.97 Å². The molecule has 2 N–H and O–H groups in total. The van der Waals surface area contributed by atoms with Crippen molar-refractivity contribution < 1.29 is 23.5 Å². The lowest BCUT2D eigenvalue weighted by Crippen LogP contribution is -2.43. The molecular formula is C23H31ClN2O5. The summed E-state index contributed by atoms with van der Waals surface area (Å²) in [5.41, 5.74) is 1.28. The largest absolute Gasteiger partial charge is 0.460 e. The smallest absolute Gasteiger partial charge is 0.374 e. The Hall–Kier alpha value is -2.09. The van der Waals surface area contributed by atoms with Gasteiger partial charge in [-0.3, -0.25) is 4.79 Å². The number of hydrogen-bond donors (Lipinski definition) is 2. The summed E-state index contributed by atoms with van der Waals surface area (Å²) in [7, 11) is 1.78. The van der Waals surface area contributed by atoms with Gasteiger partial charge < -0.3 is 24.5 Å². The third kappa shape index (κ3) is 5.22. The first-order valence-corrected chi connectivity index (χ1v) is 10.9. The van der Waals surface area contributed by atoms with E-state index in [-0.39, 0.29) is 30.1 Å². The van der Waals surface area contributed by atoms with Crippen molar-refractivity contribution in [1.29, 1.82) is 0 Å². The third-order valence-corrected chi connectivity index (χ3v) is 6.47. The molecule has 170 valence electrons. The highest BCUT2D eigenvalue weighted by Gasteiger charge is 2.39. The van der Waals surface area contributed by atoms with Crippen molar-refractivity contribution in [2.45, 2.75) is 51.2 Å². The Balaban J connectivity index is 0.00000272. The minimum Gasteiger partial charge on any atom is -0.460 e. The molecule has 2 heterocycles. The van der Waals surface area contributed by atoms with E-state index in [1.807, 2.05) is 6.07 Å². The minimum atomic E-state index is -0.486. The lowest BCUT2D eigenvalue weighted by molar-refractivity contribution is -0.119. The van der Waals surface area contributed by atoms with E-state index >= 15 is 0 Å². The minimum absolute atomic E-state index is 0. The first-order chi connectivity index (χ1) is 14.6. The molecule has 4 rings (SSSR count). The molecule has 0 radical (unpaired) electrons. The Morgan fingerprint density at radius 3 is 2.65 bits per heavy atom. The SMILES string of the molecule is CCOC(=O)c1cc2cc(NC(=O)[C@@H]3NCC[C@@H]3[C@H]3CC[C@H](OC)CC3)ccc2o1.Cl. The number of amides is 1. The zero-order chi connectivity index (χ0) is 21.1. The van der Waals surface area contributed by atoms with Gasteiger partial charge in [0.05, 0.1) is 18.8 Å². The second-order valence-corrected chi connectivity index (χ2v) is 8.23. The first-order valence-electron chi connectivity index (χ1n) is 10.9. The summed E-state index contributed by atoms with van der Waals surface area (Å²) < 4.78 is 16.0. The highest BCUT2D eigenvalue weighted by Crippen LogP contribution is 2.37. The van der Waals surface area contributed by atoms with Crippen LogP contribution in [0.25, 0.3) is 11.0 Å². The number of halogens is 1. The molecule has 2 aromatic rings. The van der Waals surface area contributed by atoms with Gasteiger partial charge in [-0.05, 0) is 81.7 Å². The molecule has 1 aromatic carbocycles. The van der Waals surface area contributed by atoms with Crippen LogP contribution in [0.15, 0.2) is 28.7 Å². The van der Waals surface area contributed by atoms with Crippen LogP contribution in [0.2, 0.25) is 0 Å². The maximum atomic E-state index is 13.0. The summed E-state index contributed by atoms with van der Waals surface area (Å²) in [6.45, 7) is 2.91. The molecule has 2 fully saturated rings. The van der Waals surface area contributed by atoms with Crippen molar-refractivity contribution in [2.24, 2.45) is 11.8 Å². The lowest BCUT2D eigenvalue weighted by atomic mass is 9.75. The number of anilines is 1. The highest BCUT2D eigenvalue weighted by molar-refractivity contribution is 5.98. The van der Waals surface area contributed by atoms with Crippen molar-refractivity contribution in [1.82, 2.24) is 5.32 Å². The number of nitrogens with one attached hydrogen (secondary N) is 2. The van der Waals surface area contributed by atoms with Gasteiger partial charge in [-0.15, -0.1) is 12.4 Å². The van der Waals surface area contributed by atoms with E-state index in [1.54, 1.807) is 32.2 Å². The number of esters is 1. The monoisotopic (exact) mass is 450 g/mol. The molecule has 2 aliphatic rings. The highest BCUT2D eigenvalue weighted by atomic mass is 35.5. The average molecular weight is 451 g/mol. The maximum absolute atomic E-state index is 13.0. The molecule has 7 nitrogen and oxygen atoms in total. The summed E-state index contributed by atoms with van der Waals surface area (Å²) in [5, 5.41) is 7.20. The van der Waals surface area contributed by atoms with Crippen molar-refractivity contribution >= 4 is 40.9 Å². The van der Waals surface area contributed by atoms with Crippen LogP contribution in [0.5, 0.6) is 0 Å². The topological polar surface area (TPSA) is 89.8 Å². The Morgan fingerprint density at radius 2 is 1.94 bits per heavy atom. The standard InChI is InChI=1S/C23H30N2O5.ClH/c1-3-29-23(27)20-13-15-12-16(6-9-19(15)30-20)25-22(26)21-18(10-11-24-21)14-4-7-17(28-2)8-5-14;/h6,9,12-14,17-18,21,24H,3-5,7-8,10-11H2,1-2H3,(H,25,26);1H/t14-,17-,18-,21-;/m1./s1. The second-order valence-electron chi connectivity index (χ2n) is 8.23. The molecule has 1 aromatic heterocycles. The number of fused-ring (bicyclic) bond motifs is 1. The van der Waals surface area contributed by atoms with Gasteiger partial charge in [0.25, 0.3) is 0 Å². The van der Waals surface area contributed by atoms with Crippen LogP contribution in [0.3, 0.4) is 0 Å². The van der Waals surface area contributed by atoms with Crippen LogP contribution in [0, 0.1) is 11.8 Å². The normalized spacial score (nSPS) is 25.7. The predicted molar refractivity (Wildman–Crippen MR) is 121 cm³/mol. The second kappa shape index (κ2) is 10.5. The van der Waals surface area contributed by atoms with E-state index in [0.29, 0.717) is 35.8 Å². The molecule has 8 heteroatoms. The first kappa shape index (κ1) is 23.6. The summed E-state index contributed by atoms with van der Waals surface area (Å²) in [6.07, 6.45) is 5.78. The summed E-state index contributed by atoms with van der Waals surface area (Å²) in [6, 6.07) is 6.86. The summed E-state index contributed by atoms with van der Waals surface area (Å²) >= 11 is 0. The van der Waals surface area contributed by atoms with Crippen molar-refractivity contribution in [3.05, 3.63) is 30.0 Å². The number of ether oxygens (including phenoxy) is 2. The summed E-state index contributed by atoms with van der Waals surface area (Å²) in [4.78, 5) is 24.9. The number of furan rings is 1. The van der Waals surface area contributed by atoms with Gasteiger partial charge in [-0.2, -0.15) is 0 Å². The zero-order valence-electron chi connectivity index (χ0n) is 18.0. The van der Waals surface area contributed by atoms with Gasteiger partial charge in [0.2, 0.25) is 11.7 Å². The molecule has 1 saturated carbocycles. The average Bonchev–Trinajstić information content (AvgIpc) is 3.41. The number of rotatable bonds is 6. The van der Waals surface area contributed by atoms with Crippen LogP contribution in [0.4, 0.5) is 5.69 Å². The van der Waals surface area contributed by atoms with E-state index in [0.717, 1.165) is 44.0 Å². The van der Waals surface area contributed by atoms with Crippen LogP contribution < -0.4 is 10.6 Å². The van der Waals surface area contributed by atoms with Crippen molar-refractivity contribution in [3.8, 4) is 0 Å². The van der Waals surface area contributed by atoms with Crippen LogP contribution in [0.1, 0.15) is 49.6 Å². The fourth-order valence-electron chi connectivity index (χ4n) is 4.91. The lowest BCUT2D eigenvalue weighted by Gasteiger charge is -2.33. The molecule has 0 unspecified atom stereocenters. The molecule has 0 bridgehead atoms. The van der Waals surface area contributed by atoms with E-state index in [4.69, 9.17) is 13.9 Å². The fourth-order valence-corrected chi connectivity index (χ4v) is 4.91. The van der Waals surface area contributed by atoms with Crippen LogP contribution >= 0.6 is 12.4 Å². The summed E-state index contributed by atoms with van der Waals surface area (Å²) in [5.74, 6) is 0.598. The molecule has 1 aliphatic heterocycles. The van der Waals surface area contributed by atoms with Gasteiger partial charge in [0.1, 0.15) is 5.58 Å². The Morgan fingerprint density at radius 1 is 1.16 bits per heavy atom. The quantitative estimate of drug-likeness (QED) is 0.642. The van der Waals surface area contributed by atoms with E-state index in [2.05, 4.69) is 10.6 Å². The van der Waals surface area contributed by atoms with Crippen LogP contribution in [-0.2, 0) is 14.3 Å². The van der Waals surface area contributed by atoms with Gasteiger partial charge in [-0.25, -0.2) is 4.79 Å². The maximum Gasteiger partial charge on any atom is 0.374 e. The Bertz CT molecular complexity index is 907. The number of benzene rings is 1. The van der Waals surface area contributed by atoms with Crippen molar-refractivity contribution in [2.75, 3.05) is 25.6 Å². The predicted octanol–water partition coefficient (Wildman–Crippen LogP) is 4.15. The molecular weight excluding hydrogens is 420 g/mol.